The van der Waals surface area contributed by atoms with Crippen LogP contribution in [0.4, 0.5) is 0 Å². The third-order valence-electron chi connectivity index (χ3n) is 2.26. The molecule has 0 bridgehead atoms. The highest BCUT2D eigenvalue weighted by molar-refractivity contribution is 5.75. The van der Waals surface area contributed by atoms with E-state index in [1.54, 1.807) is 13.8 Å². The van der Waals surface area contributed by atoms with Crippen molar-refractivity contribution in [1.29, 1.82) is 0 Å². The molecule has 0 fully saturated rings. The monoisotopic (exact) mass is 228 g/mol. The van der Waals surface area contributed by atoms with E-state index in [4.69, 9.17) is 4.74 Å². The van der Waals surface area contributed by atoms with Crippen LogP contribution in [0.2, 0.25) is 0 Å². The molecule has 0 amide bonds. The van der Waals surface area contributed by atoms with Gasteiger partial charge in [0.25, 0.3) is 0 Å². The quantitative estimate of drug-likeness (QED) is 0.414. The minimum Gasteiger partial charge on any atom is -0.461 e. The lowest BCUT2D eigenvalue weighted by Gasteiger charge is -2.16. The number of hydrogen-bond acceptors (Lipinski definition) is 3. The van der Waals surface area contributed by atoms with E-state index < -0.39 is 12.1 Å². The minimum absolute atomic E-state index is 0.182. The van der Waals surface area contributed by atoms with Gasteiger partial charge in [-0.1, -0.05) is 38.8 Å². The summed E-state index contributed by atoms with van der Waals surface area (Å²) in [5, 5.41) is 9.67. The molecule has 0 aliphatic heterocycles. The maximum atomic E-state index is 11.4. The van der Waals surface area contributed by atoms with Gasteiger partial charge in [-0.3, -0.25) is 0 Å². The summed E-state index contributed by atoms with van der Waals surface area (Å²) in [6.45, 7) is 7.49. The fourth-order valence-electron chi connectivity index (χ4n) is 1.25. The molecule has 0 rings (SSSR count). The Morgan fingerprint density at radius 3 is 2.50 bits per heavy atom. The van der Waals surface area contributed by atoms with Gasteiger partial charge < -0.3 is 9.84 Å². The van der Waals surface area contributed by atoms with Gasteiger partial charge >= 0.3 is 5.97 Å². The van der Waals surface area contributed by atoms with Gasteiger partial charge in [0.1, 0.15) is 0 Å². The minimum atomic E-state index is -1.06. The molecule has 0 unspecified atom stereocenters. The number of unbranched alkanes of at least 4 members (excludes halogenated alkanes) is 2. The van der Waals surface area contributed by atoms with E-state index >= 15 is 0 Å². The molecule has 0 heterocycles. The zero-order chi connectivity index (χ0) is 12.6. The molecule has 0 aliphatic rings. The van der Waals surface area contributed by atoms with Crippen LogP contribution in [0, 0.1) is 5.92 Å². The van der Waals surface area contributed by atoms with Crippen LogP contribution in [0.15, 0.2) is 12.2 Å². The number of rotatable bonds is 7. The molecule has 94 valence electrons. The highest BCUT2D eigenvalue weighted by Gasteiger charge is 2.22. The Labute approximate surface area is 98.5 Å². The van der Waals surface area contributed by atoms with Crippen LogP contribution in [0.25, 0.3) is 0 Å². The van der Waals surface area contributed by atoms with Crippen LogP contribution >= 0.6 is 0 Å². The summed E-state index contributed by atoms with van der Waals surface area (Å²) >= 11 is 0. The van der Waals surface area contributed by atoms with Gasteiger partial charge in [-0.05, 0) is 20.3 Å². The Hall–Kier alpha value is -0.830. The Morgan fingerprint density at radius 2 is 2.00 bits per heavy atom. The number of ether oxygens (including phenoxy) is 1. The van der Waals surface area contributed by atoms with Crippen molar-refractivity contribution in [3.05, 3.63) is 12.2 Å². The molecule has 0 saturated carbocycles. The van der Waals surface area contributed by atoms with Gasteiger partial charge in [0.05, 0.1) is 6.10 Å². The summed E-state index contributed by atoms with van der Waals surface area (Å²) in [7, 11) is 0. The lowest BCUT2D eigenvalue weighted by molar-refractivity contribution is -0.159. The van der Waals surface area contributed by atoms with E-state index in [9.17, 15) is 9.90 Å². The second-order valence-electron chi connectivity index (χ2n) is 4.36. The number of aliphatic hydroxyl groups is 1. The van der Waals surface area contributed by atoms with Crippen molar-refractivity contribution in [2.75, 3.05) is 0 Å². The van der Waals surface area contributed by atoms with Crippen molar-refractivity contribution in [3.63, 3.8) is 0 Å². The van der Waals surface area contributed by atoms with Crippen LogP contribution < -0.4 is 0 Å². The van der Waals surface area contributed by atoms with Gasteiger partial charge in [0.15, 0.2) is 6.10 Å². The fourth-order valence-corrected chi connectivity index (χ4v) is 1.25. The van der Waals surface area contributed by atoms with Gasteiger partial charge in [0.2, 0.25) is 0 Å². The van der Waals surface area contributed by atoms with Crippen LogP contribution in [-0.2, 0) is 9.53 Å². The molecule has 3 heteroatoms. The molecule has 0 aromatic rings. The normalized spacial score (nSPS) is 15.4. The number of hydrogen-bond donors (Lipinski definition) is 1. The second kappa shape index (κ2) is 8.34. The van der Waals surface area contributed by atoms with E-state index in [0.29, 0.717) is 0 Å². The van der Waals surface area contributed by atoms with Gasteiger partial charge in [-0.25, -0.2) is 4.79 Å². The van der Waals surface area contributed by atoms with Crippen molar-refractivity contribution >= 4 is 5.97 Å². The van der Waals surface area contributed by atoms with E-state index in [1.165, 1.54) is 0 Å². The number of esters is 1. The molecule has 0 radical (unpaired) electrons. The van der Waals surface area contributed by atoms with Crippen molar-refractivity contribution in [3.8, 4) is 0 Å². The van der Waals surface area contributed by atoms with Gasteiger partial charge in [-0.2, -0.15) is 0 Å². The first-order valence-corrected chi connectivity index (χ1v) is 6.04. The lowest BCUT2D eigenvalue weighted by Crippen LogP contribution is -2.30. The number of aliphatic hydroxyl groups excluding tert-OH is 1. The van der Waals surface area contributed by atoms with Gasteiger partial charge in [0, 0.05) is 5.92 Å². The number of carbonyl (C=O) groups is 1. The lowest BCUT2D eigenvalue weighted by atomic mass is 10.0. The van der Waals surface area contributed by atoms with Crippen molar-refractivity contribution < 1.29 is 14.6 Å². The molecule has 3 nitrogen and oxygen atoms in total. The van der Waals surface area contributed by atoms with Crippen molar-refractivity contribution in [2.45, 2.75) is 59.2 Å². The number of carbonyl (C=O) groups excluding carboxylic acids is 1. The number of allylic oxidation sites excluding steroid dienone is 1. The van der Waals surface area contributed by atoms with Crippen LogP contribution in [0.1, 0.15) is 47.0 Å². The average Bonchev–Trinajstić information content (AvgIpc) is 2.22. The molecule has 16 heavy (non-hydrogen) atoms. The molecule has 0 saturated heterocycles. The van der Waals surface area contributed by atoms with Crippen LogP contribution in [-0.4, -0.2) is 23.3 Å². The fraction of sp³-hybridized carbons (Fsp3) is 0.769. The Kier molecular flexibility index (Phi) is 7.90. The van der Waals surface area contributed by atoms with Crippen molar-refractivity contribution in [1.82, 2.24) is 0 Å². The SMILES string of the molecule is CCCC/C=C\[C@@H](C)[C@H](O)C(=O)OC(C)C. The average molecular weight is 228 g/mol. The largest absolute Gasteiger partial charge is 0.461 e. The van der Waals surface area contributed by atoms with E-state index in [1.807, 2.05) is 19.1 Å². The first-order chi connectivity index (χ1) is 7.49. The first-order valence-electron chi connectivity index (χ1n) is 6.04. The molecule has 0 aromatic heterocycles. The van der Waals surface area contributed by atoms with E-state index in [0.717, 1.165) is 19.3 Å². The molecule has 1 N–H and O–H groups in total. The predicted octanol–water partition coefficient (Wildman–Crippen LogP) is 2.68. The Morgan fingerprint density at radius 1 is 1.38 bits per heavy atom. The zero-order valence-electron chi connectivity index (χ0n) is 10.8. The summed E-state index contributed by atoms with van der Waals surface area (Å²) in [4.78, 5) is 11.4. The Bertz CT molecular complexity index is 221. The van der Waals surface area contributed by atoms with Crippen molar-refractivity contribution in [2.24, 2.45) is 5.92 Å². The highest BCUT2D eigenvalue weighted by atomic mass is 16.6. The smallest absolute Gasteiger partial charge is 0.335 e. The summed E-state index contributed by atoms with van der Waals surface area (Å²) in [5.41, 5.74) is 0. The highest BCUT2D eigenvalue weighted by Crippen LogP contribution is 2.09. The maximum Gasteiger partial charge on any atom is 0.335 e. The summed E-state index contributed by atoms with van der Waals surface area (Å²) in [5.74, 6) is -0.731. The zero-order valence-corrected chi connectivity index (χ0v) is 10.8. The van der Waals surface area contributed by atoms with Crippen LogP contribution in [0.3, 0.4) is 0 Å². The third kappa shape index (κ3) is 6.62. The van der Waals surface area contributed by atoms with Gasteiger partial charge in [-0.15, -0.1) is 0 Å². The topological polar surface area (TPSA) is 46.5 Å². The molecule has 0 aliphatic carbocycles. The molecular weight excluding hydrogens is 204 g/mol. The molecule has 2 atom stereocenters. The third-order valence-corrected chi connectivity index (χ3v) is 2.26. The predicted molar refractivity (Wildman–Crippen MR) is 65.1 cm³/mol. The summed E-state index contributed by atoms with van der Waals surface area (Å²) in [6, 6.07) is 0. The molecule has 0 spiro atoms. The molecular formula is C13H24O3. The maximum absolute atomic E-state index is 11.4. The first kappa shape index (κ1) is 15.2. The summed E-state index contributed by atoms with van der Waals surface area (Å²) in [6.07, 6.45) is 5.93. The van der Waals surface area contributed by atoms with Crippen LogP contribution in [0.5, 0.6) is 0 Å². The van der Waals surface area contributed by atoms with E-state index in [2.05, 4.69) is 6.92 Å². The second-order valence-corrected chi connectivity index (χ2v) is 4.36. The molecule has 0 aromatic carbocycles. The Balaban J connectivity index is 4.01. The van der Waals surface area contributed by atoms with E-state index in [-0.39, 0.29) is 12.0 Å². The summed E-state index contributed by atoms with van der Waals surface area (Å²) < 4.78 is 4.94. The standard InChI is InChI=1S/C13H24O3/c1-5-6-7-8-9-11(4)12(14)13(15)16-10(2)3/h8-12,14H,5-7H2,1-4H3/b9-8-/t11-,12+/m1/s1.